The molecule has 0 radical (unpaired) electrons. The van der Waals surface area contributed by atoms with Crippen molar-refractivity contribution in [1.82, 2.24) is 44.3 Å². The second-order valence-corrected chi connectivity index (χ2v) is 21.2. The molecule has 0 bridgehead atoms. The summed E-state index contributed by atoms with van der Waals surface area (Å²) < 4.78 is 54.4. The number of carbonyl (C=O) groups is 3. The van der Waals surface area contributed by atoms with Gasteiger partial charge in [-0.15, -0.1) is 0 Å². The fourth-order valence-corrected chi connectivity index (χ4v) is 9.84. The number of aromatic nitrogens is 4. The zero-order chi connectivity index (χ0) is 60.0. The smallest absolute Gasteiger partial charge is 0.258 e. The van der Waals surface area contributed by atoms with E-state index in [1.807, 2.05) is 65.1 Å². The van der Waals surface area contributed by atoms with Crippen molar-refractivity contribution in [1.29, 1.82) is 0 Å². The van der Waals surface area contributed by atoms with Gasteiger partial charge in [0.25, 0.3) is 11.8 Å². The highest BCUT2D eigenvalue weighted by Crippen LogP contribution is 2.41. The number of carbonyl (C=O) groups excluding carboxylic acids is 3. The lowest BCUT2D eigenvalue weighted by Crippen LogP contribution is -2.47. The second kappa shape index (κ2) is 32.6. The molecule has 0 unspecified atom stereocenters. The molecule has 444 valence electrons. The van der Waals surface area contributed by atoms with Crippen LogP contribution in [0.4, 0.5) is 47.8 Å². The molecular formula is C60H76BrF3N14O4S. The van der Waals surface area contributed by atoms with E-state index in [4.69, 9.17) is 16.2 Å². The van der Waals surface area contributed by atoms with Crippen molar-refractivity contribution in [2.24, 2.45) is 5.73 Å². The van der Waals surface area contributed by atoms with Crippen LogP contribution < -0.4 is 36.9 Å². The summed E-state index contributed by atoms with van der Waals surface area (Å²) in [5.74, 6) is -2.77. The Balaban J connectivity index is 0.00000271. The lowest BCUT2D eigenvalue weighted by atomic mass is 10.0. The number of piperazine rings is 1. The number of nitrogens with zero attached hydrogens (tertiary/aromatic N) is 8. The van der Waals surface area contributed by atoms with Crippen LogP contribution in [0.5, 0.6) is 5.75 Å². The molecule has 6 aromatic rings. The first-order valence-corrected chi connectivity index (χ1v) is 29.5. The Morgan fingerprint density at radius 3 is 2.25 bits per heavy atom. The van der Waals surface area contributed by atoms with E-state index < -0.39 is 29.3 Å². The molecule has 4 aromatic carbocycles. The van der Waals surface area contributed by atoms with Crippen molar-refractivity contribution in [3.05, 3.63) is 142 Å². The quantitative estimate of drug-likeness (QED) is 0.0169. The van der Waals surface area contributed by atoms with Crippen molar-refractivity contribution in [3.63, 3.8) is 0 Å². The molecule has 3 amide bonds. The number of rotatable bonds is 26. The van der Waals surface area contributed by atoms with Gasteiger partial charge in [0.2, 0.25) is 11.9 Å². The third kappa shape index (κ3) is 19.2. The summed E-state index contributed by atoms with van der Waals surface area (Å²) in [6.07, 6.45) is 10.2. The number of halogens is 4. The average molecular weight is 1230 g/mol. The largest absolute Gasteiger partial charge is 0.486 e. The summed E-state index contributed by atoms with van der Waals surface area (Å²) in [5.41, 5.74) is 14.1. The fourth-order valence-electron chi connectivity index (χ4n) is 8.87. The normalized spacial score (nSPS) is 13.4. The van der Waals surface area contributed by atoms with Crippen LogP contribution in [0.3, 0.4) is 0 Å². The van der Waals surface area contributed by atoms with Gasteiger partial charge in [0.05, 0.1) is 27.8 Å². The van der Waals surface area contributed by atoms with E-state index in [2.05, 4.69) is 71.2 Å². The highest BCUT2D eigenvalue weighted by molar-refractivity contribution is 9.10. The van der Waals surface area contributed by atoms with Crippen LogP contribution in [0.15, 0.2) is 107 Å². The zero-order valence-electron chi connectivity index (χ0n) is 48.2. The lowest BCUT2D eigenvalue weighted by molar-refractivity contribution is -0.125. The molecule has 2 aromatic heterocycles. The molecule has 0 spiro atoms. The SMILES string of the molecule is CC.CC.Cc1c(NC(=O)c2ccc(C3CC3)cc2F)cc(F)cc1-c1ncnc(N)c1OCCN(C)C(=O)/C=C/CN(C)CCCN1CCN(CCCNSc2ccc(Nc3ncc(Br)c(Nc4cccc(F)c4C(N)=O)n3)cc2)CC1. The molecule has 1 aliphatic carbocycles. The summed E-state index contributed by atoms with van der Waals surface area (Å²) in [5, 5.41) is 8.79. The van der Waals surface area contributed by atoms with Gasteiger partial charge in [0.15, 0.2) is 11.6 Å². The van der Waals surface area contributed by atoms with Crippen LogP contribution in [0, 0.1) is 24.4 Å². The molecule has 0 atom stereocenters. The number of hydrogen-bond donors (Lipinski definition) is 6. The van der Waals surface area contributed by atoms with E-state index in [0.29, 0.717) is 39.8 Å². The molecule has 8 rings (SSSR count). The van der Waals surface area contributed by atoms with Crippen molar-refractivity contribution >= 4 is 80.2 Å². The first-order chi connectivity index (χ1) is 40.1. The number of ether oxygens (including phenoxy) is 1. The molecule has 3 heterocycles. The van der Waals surface area contributed by atoms with E-state index in [1.165, 1.54) is 41.6 Å². The highest BCUT2D eigenvalue weighted by atomic mass is 79.9. The van der Waals surface area contributed by atoms with E-state index in [1.54, 1.807) is 50.3 Å². The van der Waals surface area contributed by atoms with E-state index >= 15 is 4.39 Å². The Bertz CT molecular complexity index is 3150. The molecule has 1 saturated carbocycles. The zero-order valence-corrected chi connectivity index (χ0v) is 50.6. The molecule has 83 heavy (non-hydrogen) atoms. The predicted molar refractivity (Wildman–Crippen MR) is 329 cm³/mol. The maximum Gasteiger partial charge on any atom is 0.258 e. The van der Waals surface area contributed by atoms with Gasteiger partial charge in [-0.05, 0) is 165 Å². The standard InChI is InChI=1S/C56H64BrF3N14O4S.2C2H6/c1-35-42(31-38(58)32-47(35)69-55(77)41-18-13-37(30-45(41)60)36-11-12-36)50-51(52(61)65-34-64-50)78-29-28-72(3)48(75)10-5-20-71(2)21-7-23-74-26-24-73(25-27-74)22-6-19-66-79-40-16-14-39(15-17-40)67-56-63-33-43(57)54(70-56)68-46-9-4-8-44(59)49(46)53(62)76;2*1-2/h4-5,8-10,13-18,30-34,36,66H,6-7,11-12,19-29H2,1-3H3,(H2,62,76)(H,69,77)(H2,61,64,65)(H2,63,67,68,70);2*1-2H3/b10-5+;;. The first kappa shape index (κ1) is 65.0. The maximum absolute atomic E-state index is 15.1. The monoisotopic (exact) mass is 1220 g/mol. The van der Waals surface area contributed by atoms with Gasteiger partial charge in [-0.25, -0.2) is 28.1 Å². The number of benzene rings is 4. The van der Waals surface area contributed by atoms with Crippen LogP contribution in [0.1, 0.15) is 91.1 Å². The number of hydrogen-bond acceptors (Lipinski definition) is 16. The molecule has 23 heteroatoms. The van der Waals surface area contributed by atoms with Gasteiger partial charge in [-0.2, -0.15) is 4.98 Å². The van der Waals surface area contributed by atoms with E-state index in [0.717, 1.165) is 100 Å². The number of primary amides is 1. The third-order valence-corrected chi connectivity index (χ3v) is 14.9. The number of nitrogens with two attached hydrogens (primary N) is 2. The van der Waals surface area contributed by atoms with Crippen LogP contribution in [0.2, 0.25) is 0 Å². The summed E-state index contributed by atoms with van der Waals surface area (Å²) in [4.78, 5) is 65.0. The van der Waals surface area contributed by atoms with Crippen LogP contribution in [-0.4, -0.2) is 143 Å². The Labute approximate surface area is 497 Å². The van der Waals surface area contributed by atoms with Gasteiger partial charge < -0.3 is 51.8 Å². The highest BCUT2D eigenvalue weighted by Gasteiger charge is 2.26. The number of amides is 3. The van der Waals surface area contributed by atoms with Crippen LogP contribution in [-0.2, 0) is 4.79 Å². The summed E-state index contributed by atoms with van der Waals surface area (Å²) in [6.45, 7) is 18.4. The molecule has 1 aliphatic heterocycles. The van der Waals surface area contributed by atoms with Gasteiger partial charge in [0.1, 0.15) is 41.9 Å². The third-order valence-electron chi connectivity index (χ3n) is 13.5. The second-order valence-electron chi connectivity index (χ2n) is 19.4. The first-order valence-electron chi connectivity index (χ1n) is 27.9. The minimum atomic E-state index is -0.893. The van der Waals surface area contributed by atoms with Gasteiger partial charge in [0, 0.05) is 80.4 Å². The lowest BCUT2D eigenvalue weighted by Gasteiger charge is -2.35. The number of nitrogen functional groups attached to an aromatic ring is 1. The summed E-state index contributed by atoms with van der Waals surface area (Å²) in [7, 11) is 3.70. The number of likely N-dealkylation sites (N-methyl/N-ethyl adjacent to an activating group) is 2. The molecular weight excluding hydrogens is 1150 g/mol. The minimum Gasteiger partial charge on any atom is -0.486 e. The van der Waals surface area contributed by atoms with Crippen LogP contribution in [0.25, 0.3) is 11.3 Å². The Morgan fingerprint density at radius 1 is 0.855 bits per heavy atom. The Kier molecular flexibility index (Phi) is 25.6. The Morgan fingerprint density at radius 2 is 1.57 bits per heavy atom. The maximum atomic E-state index is 15.1. The van der Waals surface area contributed by atoms with Crippen LogP contribution >= 0.6 is 27.9 Å². The molecule has 8 N–H and O–H groups in total. The van der Waals surface area contributed by atoms with Gasteiger partial charge >= 0.3 is 0 Å². The predicted octanol–water partition coefficient (Wildman–Crippen LogP) is 10.8. The average Bonchev–Trinajstić information content (AvgIpc) is 4.48. The molecule has 2 fully saturated rings. The van der Waals surface area contributed by atoms with Gasteiger partial charge in [-0.1, -0.05) is 45.9 Å². The minimum absolute atomic E-state index is 0.0142. The Hall–Kier alpha value is -7.15. The topological polar surface area (TPSA) is 225 Å². The van der Waals surface area contributed by atoms with E-state index in [-0.39, 0.29) is 58.8 Å². The molecule has 1 saturated heterocycles. The van der Waals surface area contributed by atoms with Crippen molar-refractivity contribution in [2.75, 3.05) is 108 Å². The van der Waals surface area contributed by atoms with Crippen molar-refractivity contribution in [2.45, 2.75) is 71.1 Å². The number of anilines is 6. The fraction of sp³-hybridized carbons (Fsp3) is 0.383. The molecule has 2 aliphatic rings. The summed E-state index contributed by atoms with van der Waals surface area (Å²) in [6, 6.07) is 19.0. The van der Waals surface area contributed by atoms with Gasteiger partial charge in [-0.3, -0.25) is 19.1 Å². The van der Waals surface area contributed by atoms with Crippen molar-refractivity contribution < 1.29 is 32.3 Å². The van der Waals surface area contributed by atoms with Crippen molar-refractivity contribution in [3.8, 4) is 17.0 Å². The van der Waals surface area contributed by atoms with E-state index in [9.17, 15) is 23.2 Å². The molecule has 18 nitrogen and oxygen atoms in total. The summed E-state index contributed by atoms with van der Waals surface area (Å²) >= 11 is 4.98. The number of nitrogens with one attached hydrogen (secondary N) is 4.